The molecule has 208 valence electrons. The predicted octanol–water partition coefficient (Wildman–Crippen LogP) is 2.78. The largest absolute Gasteiger partial charge is 0.492 e. The average molecular weight is 527 g/mol. The maximum atomic E-state index is 13.4. The molecule has 0 aromatic heterocycles. The molecule has 2 bridgehead atoms. The molecule has 0 spiro atoms. The summed E-state index contributed by atoms with van der Waals surface area (Å²) in [6.07, 6.45) is 2.96. The lowest BCUT2D eigenvalue weighted by Gasteiger charge is -2.51. The molecule has 9 heteroatoms. The standard InChI is InChI=1S/C29H42N4O5/c1-5-7-15-32-25(34)23-27(36)33(28(37)24(26(32)35)29(23,3)4)16-11-10-14-30-17-19-31(20-18-30)21-12-8-9-13-22(21)38-6-2/h8-9,12-13,23-24H,5-7,10-11,14-20H2,1-4H3. The molecule has 4 rings (SSSR count). The third-order valence-electron chi connectivity index (χ3n) is 8.26. The van der Waals surface area contributed by atoms with Crippen molar-refractivity contribution in [2.24, 2.45) is 17.3 Å². The second-order valence-corrected chi connectivity index (χ2v) is 11.1. The van der Waals surface area contributed by atoms with E-state index in [2.05, 4.69) is 15.9 Å². The van der Waals surface area contributed by atoms with Gasteiger partial charge in [0.15, 0.2) is 0 Å². The smallest absolute Gasteiger partial charge is 0.242 e. The summed E-state index contributed by atoms with van der Waals surface area (Å²) in [5, 5.41) is 0. The molecule has 0 saturated carbocycles. The van der Waals surface area contributed by atoms with Gasteiger partial charge < -0.3 is 9.64 Å². The lowest BCUT2D eigenvalue weighted by atomic mass is 9.62. The maximum absolute atomic E-state index is 13.4. The minimum Gasteiger partial charge on any atom is -0.492 e. The van der Waals surface area contributed by atoms with Crippen molar-refractivity contribution < 1.29 is 23.9 Å². The van der Waals surface area contributed by atoms with E-state index >= 15 is 0 Å². The molecule has 1 aromatic rings. The van der Waals surface area contributed by atoms with Crippen molar-refractivity contribution in [2.75, 3.05) is 57.3 Å². The molecule has 3 aliphatic heterocycles. The highest BCUT2D eigenvalue weighted by molar-refractivity contribution is 6.22. The van der Waals surface area contributed by atoms with Crippen LogP contribution in [-0.2, 0) is 19.2 Å². The number of piperidine rings is 2. The van der Waals surface area contributed by atoms with Crippen LogP contribution < -0.4 is 9.64 Å². The topological polar surface area (TPSA) is 90.5 Å². The van der Waals surface area contributed by atoms with E-state index in [0.717, 1.165) is 61.9 Å². The lowest BCUT2D eigenvalue weighted by molar-refractivity contribution is -0.184. The van der Waals surface area contributed by atoms with E-state index < -0.39 is 40.9 Å². The maximum Gasteiger partial charge on any atom is 0.242 e. The molecule has 3 fully saturated rings. The molecule has 3 aliphatic rings. The number of piperazine rings is 1. The summed E-state index contributed by atoms with van der Waals surface area (Å²) >= 11 is 0. The van der Waals surface area contributed by atoms with Crippen molar-refractivity contribution >= 4 is 29.3 Å². The first-order chi connectivity index (χ1) is 18.2. The zero-order valence-electron chi connectivity index (χ0n) is 23.3. The number of benzene rings is 1. The first-order valence-corrected chi connectivity index (χ1v) is 14.1. The molecule has 9 nitrogen and oxygen atoms in total. The van der Waals surface area contributed by atoms with Gasteiger partial charge in [0.1, 0.15) is 17.6 Å². The van der Waals surface area contributed by atoms with Gasteiger partial charge in [0.2, 0.25) is 23.6 Å². The van der Waals surface area contributed by atoms with Gasteiger partial charge in [-0.2, -0.15) is 0 Å². The van der Waals surface area contributed by atoms with Crippen LogP contribution in [0, 0.1) is 17.3 Å². The van der Waals surface area contributed by atoms with Gasteiger partial charge in [-0.05, 0) is 44.9 Å². The molecule has 1 aromatic carbocycles. The summed E-state index contributed by atoms with van der Waals surface area (Å²) in [4.78, 5) is 60.2. The van der Waals surface area contributed by atoms with E-state index in [9.17, 15) is 19.2 Å². The summed E-state index contributed by atoms with van der Waals surface area (Å²) in [5.74, 6) is -2.84. The van der Waals surface area contributed by atoms with Crippen molar-refractivity contribution in [2.45, 2.75) is 53.4 Å². The highest BCUT2D eigenvalue weighted by Gasteiger charge is 2.64. The van der Waals surface area contributed by atoms with Gasteiger partial charge in [0.25, 0.3) is 0 Å². The summed E-state index contributed by atoms with van der Waals surface area (Å²) in [7, 11) is 0. The van der Waals surface area contributed by atoms with Gasteiger partial charge >= 0.3 is 0 Å². The molecule has 3 heterocycles. The average Bonchev–Trinajstić information content (AvgIpc) is 2.88. The summed E-state index contributed by atoms with van der Waals surface area (Å²) in [5.41, 5.74) is 0.129. The number of rotatable bonds is 11. The molecule has 0 radical (unpaired) electrons. The Morgan fingerprint density at radius 1 is 0.763 bits per heavy atom. The van der Waals surface area contributed by atoms with Gasteiger partial charge in [-0.15, -0.1) is 0 Å². The summed E-state index contributed by atoms with van der Waals surface area (Å²) < 4.78 is 5.79. The molecule has 4 amide bonds. The number of nitrogens with zero attached hydrogens (tertiary/aromatic N) is 4. The molecular weight excluding hydrogens is 484 g/mol. The monoisotopic (exact) mass is 526 g/mol. The fraction of sp³-hybridized carbons (Fsp3) is 0.655. The lowest BCUT2D eigenvalue weighted by Crippen LogP contribution is -2.70. The minimum absolute atomic E-state index is 0.248. The Morgan fingerprint density at radius 3 is 1.84 bits per heavy atom. The zero-order chi connectivity index (χ0) is 27.4. The van der Waals surface area contributed by atoms with Crippen molar-refractivity contribution in [1.29, 1.82) is 0 Å². The van der Waals surface area contributed by atoms with Crippen molar-refractivity contribution in [3.63, 3.8) is 0 Å². The van der Waals surface area contributed by atoms with E-state index in [1.807, 2.05) is 32.0 Å². The van der Waals surface area contributed by atoms with Gasteiger partial charge in [0, 0.05) is 44.7 Å². The van der Waals surface area contributed by atoms with Crippen molar-refractivity contribution in [3.05, 3.63) is 24.3 Å². The van der Waals surface area contributed by atoms with Gasteiger partial charge in [0.05, 0.1) is 12.3 Å². The number of carbonyl (C=O) groups excluding carboxylic acids is 4. The van der Waals surface area contributed by atoms with Crippen LogP contribution in [0.4, 0.5) is 5.69 Å². The van der Waals surface area contributed by atoms with Crippen LogP contribution in [0.2, 0.25) is 0 Å². The SMILES string of the molecule is CCCCN1C(=O)C2C(=O)N(CCCCN3CCN(c4ccccc4OCC)CC3)C(=O)C(C1=O)C2(C)C. The van der Waals surface area contributed by atoms with Crippen LogP contribution in [-0.4, -0.2) is 90.7 Å². The second kappa shape index (κ2) is 11.8. The molecule has 3 saturated heterocycles. The Morgan fingerprint density at radius 2 is 1.29 bits per heavy atom. The van der Waals surface area contributed by atoms with Crippen LogP contribution in [0.25, 0.3) is 0 Å². The number of anilines is 1. The first-order valence-electron chi connectivity index (χ1n) is 14.1. The third kappa shape index (κ3) is 5.30. The molecule has 0 aliphatic carbocycles. The number of carbonyl (C=O) groups is 4. The normalized spacial score (nSPS) is 23.8. The van der Waals surface area contributed by atoms with Crippen LogP contribution in [0.15, 0.2) is 24.3 Å². The Balaban J connectivity index is 1.29. The van der Waals surface area contributed by atoms with E-state index in [1.54, 1.807) is 13.8 Å². The van der Waals surface area contributed by atoms with Gasteiger partial charge in [-0.1, -0.05) is 39.3 Å². The molecular formula is C29H42N4O5. The van der Waals surface area contributed by atoms with Crippen molar-refractivity contribution in [1.82, 2.24) is 14.7 Å². The van der Waals surface area contributed by atoms with E-state index in [-0.39, 0.29) is 13.1 Å². The van der Waals surface area contributed by atoms with Crippen LogP contribution in [0.1, 0.15) is 53.4 Å². The predicted molar refractivity (Wildman–Crippen MR) is 145 cm³/mol. The Hall–Kier alpha value is -2.94. The summed E-state index contributed by atoms with van der Waals surface area (Å²) in [6, 6.07) is 8.13. The molecule has 38 heavy (non-hydrogen) atoms. The van der Waals surface area contributed by atoms with Gasteiger partial charge in [-0.3, -0.25) is 33.9 Å². The first kappa shape index (κ1) is 28.1. The van der Waals surface area contributed by atoms with E-state index in [1.165, 1.54) is 4.90 Å². The number of hydrogen-bond acceptors (Lipinski definition) is 7. The molecule has 2 atom stereocenters. The van der Waals surface area contributed by atoms with Crippen LogP contribution >= 0.6 is 0 Å². The number of likely N-dealkylation sites (tertiary alicyclic amines) is 2. The number of hydrogen-bond donors (Lipinski definition) is 0. The number of imide groups is 2. The molecule has 0 N–H and O–H groups in total. The third-order valence-corrected chi connectivity index (χ3v) is 8.26. The fourth-order valence-corrected chi connectivity index (χ4v) is 6.06. The van der Waals surface area contributed by atoms with E-state index in [0.29, 0.717) is 19.4 Å². The quantitative estimate of drug-likeness (QED) is 0.249. The van der Waals surface area contributed by atoms with Gasteiger partial charge in [-0.25, -0.2) is 0 Å². The Bertz CT molecular complexity index is 1010. The Kier molecular flexibility index (Phi) is 8.75. The highest BCUT2D eigenvalue weighted by atomic mass is 16.5. The molecule has 2 unspecified atom stereocenters. The Labute approximate surface area is 226 Å². The zero-order valence-corrected chi connectivity index (χ0v) is 23.3. The fourth-order valence-electron chi connectivity index (χ4n) is 6.06. The second-order valence-electron chi connectivity index (χ2n) is 11.1. The van der Waals surface area contributed by atoms with Crippen LogP contribution in [0.5, 0.6) is 5.75 Å². The minimum atomic E-state index is -0.998. The number of unbranched alkanes of at least 4 members (excludes halogenated alkanes) is 2. The number of ether oxygens (including phenoxy) is 1. The highest BCUT2D eigenvalue weighted by Crippen LogP contribution is 2.47. The van der Waals surface area contributed by atoms with E-state index in [4.69, 9.17) is 4.74 Å². The van der Waals surface area contributed by atoms with Crippen molar-refractivity contribution in [3.8, 4) is 5.75 Å². The number of amides is 4. The summed E-state index contributed by atoms with van der Waals surface area (Å²) in [6.45, 7) is 13.1. The number of fused-ring (bicyclic) bond motifs is 2. The van der Waals surface area contributed by atoms with Crippen LogP contribution in [0.3, 0.4) is 0 Å². The number of para-hydroxylation sites is 2.